The van der Waals surface area contributed by atoms with E-state index in [0.29, 0.717) is 12.8 Å². The molecule has 1 aliphatic rings. The monoisotopic (exact) mass is 393 g/mol. The van der Waals surface area contributed by atoms with Gasteiger partial charge in [0.15, 0.2) is 0 Å². The van der Waals surface area contributed by atoms with Crippen molar-refractivity contribution in [1.82, 2.24) is 4.98 Å². The molecule has 2 unspecified atom stereocenters. The van der Waals surface area contributed by atoms with Gasteiger partial charge in [0.1, 0.15) is 0 Å². The molecule has 0 spiro atoms. The van der Waals surface area contributed by atoms with Crippen molar-refractivity contribution in [3.05, 3.63) is 89.7 Å². The third-order valence-electron chi connectivity index (χ3n) is 5.21. The van der Waals surface area contributed by atoms with E-state index in [1.807, 2.05) is 30.3 Å². The van der Waals surface area contributed by atoms with Crippen molar-refractivity contribution in [2.45, 2.75) is 31.3 Å². The predicted octanol–water partition coefficient (Wildman–Crippen LogP) is 4.37. The van der Waals surface area contributed by atoms with Gasteiger partial charge in [-0.15, -0.1) is 0 Å². The Hall–Kier alpha value is -2.50. The Morgan fingerprint density at radius 3 is 2.57 bits per heavy atom. The molecule has 0 saturated carbocycles. The lowest BCUT2D eigenvalue weighted by Crippen LogP contribution is -2.32. The second-order valence-electron chi connectivity index (χ2n) is 7.30. The lowest BCUT2D eigenvalue weighted by Gasteiger charge is -2.32. The van der Waals surface area contributed by atoms with Crippen LogP contribution in [-0.2, 0) is 27.1 Å². The largest absolute Gasteiger partial charge is 0.266 e. The highest BCUT2D eigenvalue weighted by Crippen LogP contribution is 2.36. The minimum atomic E-state index is -3.53. The Balaban J connectivity index is 1.67. The minimum Gasteiger partial charge on any atom is -0.266 e. The zero-order valence-electron chi connectivity index (χ0n) is 15.8. The van der Waals surface area contributed by atoms with Crippen molar-refractivity contribution in [1.29, 1.82) is 0 Å². The minimum absolute atomic E-state index is 0.0919. The number of benzene rings is 2. The molecule has 1 heterocycles. The molecule has 4 nitrogen and oxygen atoms in total. The summed E-state index contributed by atoms with van der Waals surface area (Å²) in [5, 5.41) is 0. The summed E-state index contributed by atoms with van der Waals surface area (Å²) in [6.07, 6.45) is 4.64. The second-order valence-corrected chi connectivity index (χ2v) is 8.90. The number of rotatable bonds is 5. The Labute approximate surface area is 166 Å². The van der Waals surface area contributed by atoms with Crippen LogP contribution in [0.5, 0.6) is 0 Å². The molecule has 28 heavy (non-hydrogen) atoms. The molecule has 0 bridgehead atoms. The van der Waals surface area contributed by atoms with Gasteiger partial charge in [0, 0.05) is 17.8 Å². The van der Waals surface area contributed by atoms with Gasteiger partial charge < -0.3 is 0 Å². The van der Waals surface area contributed by atoms with Crippen LogP contribution in [0.15, 0.2) is 72.9 Å². The predicted molar refractivity (Wildman–Crippen MR) is 111 cm³/mol. The molecular formula is C23H23NO3S. The van der Waals surface area contributed by atoms with E-state index in [2.05, 4.69) is 41.4 Å². The maximum Gasteiger partial charge on any atom is 0.264 e. The molecule has 144 valence electrons. The smallest absolute Gasteiger partial charge is 0.264 e. The molecule has 3 aromatic rings. The highest BCUT2D eigenvalue weighted by Gasteiger charge is 2.33. The fraction of sp³-hybridized carbons (Fsp3) is 0.261. The third kappa shape index (κ3) is 4.32. The van der Waals surface area contributed by atoms with Crippen LogP contribution in [0.1, 0.15) is 29.2 Å². The van der Waals surface area contributed by atoms with Gasteiger partial charge in [-0.3, -0.25) is 9.17 Å². The average Bonchev–Trinajstić information content (AvgIpc) is 2.70. The molecule has 1 aromatic heterocycles. The van der Waals surface area contributed by atoms with Gasteiger partial charge in [0.05, 0.1) is 12.4 Å². The topological polar surface area (TPSA) is 56.3 Å². The third-order valence-corrected chi connectivity index (χ3v) is 5.81. The fourth-order valence-corrected chi connectivity index (χ4v) is 4.68. The van der Waals surface area contributed by atoms with E-state index in [1.165, 1.54) is 5.56 Å². The molecule has 5 heteroatoms. The molecule has 0 fully saturated rings. The normalized spacial score (nSPS) is 19.2. The summed E-state index contributed by atoms with van der Waals surface area (Å²) >= 11 is 0. The van der Waals surface area contributed by atoms with Crippen LogP contribution in [0, 0.1) is 0 Å². The van der Waals surface area contributed by atoms with Crippen LogP contribution < -0.4 is 0 Å². The molecule has 0 aliphatic heterocycles. The molecule has 0 saturated heterocycles. The maximum atomic E-state index is 11.8. The molecule has 0 N–H and O–H groups in total. The van der Waals surface area contributed by atoms with Gasteiger partial charge >= 0.3 is 0 Å². The SMILES string of the molecule is CS(=O)(=O)OC1CCc2cccnc2C1Cc1cccc(-c2ccccc2)c1. The number of hydrogen-bond acceptors (Lipinski definition) is 4. The van der Waals surface area contributed by atoms with Gasteiger partial charge in [-0.05, 0) is 47.6 Å². The fourth-order valence-electron chi connectivity index (χ4n) is 4.00. The number of pyridine rings is 1. The van der Waals surface area contributed by atoms with E-state index in [1.54, 1.807) is 6.20 Å². The van der Waals surface area contributed by atoms with Crippen LogP contribution >= 0.6 is 0 Å². The molecule has 4 rings (SSSR count). The Kier molecular flexibility index (Phi) is 5.29. The van der Waals surface area contributed by atoms with E-state index in [0.717, 1.165) is 35.1 Å². The first-order chi connectivity index (χ1) is 13.5. The van der Waals surface area contributed by atoms with Gasteiger partial charge in [0.2, 0.25) is 0 Å². The van der Waals surface area contributed by atoms with Crippen LogP contribution in [-0.4, -0.2) is 25.8 Å². The van der Waals surface area contributed by atoms with E-state index >= 15 is 0 Å². The Morgan fingerprint density at radius 2 is 1.79 bits per heavy atom. The lowest BCUT2D eigenvalue weighted by atomic mass is 9.80. The second kappa shape index (κ2) is 7.86. The molecule has 1 aliphatic carbocycles. The first-order valence-electron chi connectivity index (χ1n) is 9.46. The van der Waals surface area contributed by atoms with Gasteiger partial charge in [0.25, 0.3) is 10.1 Å². The summed E-state index contributed by atoms with van der Waals surface area (Å²) in [6, 6.07) is 22.6. The first kappa shape index (κ1) is 18.8. The van der Waals surface area contributed by atoms with Crippen LogP contribution in [0.2, 0.25) is 0 Å². The molecule has 2 atom stereocenters. The zero-order chi connectivity index (χ0) is 19.6. The van der Waals surface area contributed by atoms with Gasteiger partial charge in [-0.25, -0.2) is 0 Å². The summed E-state index contributed by atoms with van der Waals surface area (Å²) in [5.74, 6) is -0.0919. The Bertz CT molecular complexity index is 1060. The number of fused-ring (bicyclic) bond motifs is 1. The molecular weight excluding hydrogens is 370 g/mol. The van der Waals surface area contributed by atoms with Crippen molar-refractivity contribution >= 4 is 10.1 Å². The zero-order valence-corrected chi connectivity index (χ0v) is 16.6. The van der Waals surface area contributed by atoms with E-state index < -0.39 is 16.2 Å². The first-order valence-corrected chi connectivity index (χ1v) is 11.3. The van der Waals surface area contributed by atoms with Crippen molar-refractivity contribution < 1.29 is 12.6 Å². The summed E-state index contributed by atoms with van der Waals surface area (Å²) in [4.78, 5) is 4.58. The summed E-state index contributed by atoms with van der Waals surface area (Å²) in [7, 11) is -3.53. The van der Waals surface area contributed by atoms with E-state index in [9.17, 15) is 8.42 Å². The molecule has 2 aromatic carbocycles. The molecule has 0 radical (unpaired) electrons. The van der Waals surface area contributed by atoms with E-state index in [4.69, 9.17) is 4.18 Å². The molecule has 0 amide bonds. The standard InChI is InChI=1S/C23H23NO3S/c1-28(25,26)27-22-13-12-19-11-6-14-24-23(19)21(22)16-17-7-5-10-20(15-17)18-8-3-2-4-9-18/h2-11,14-15,21-22H,12-13,16H2,1H3. The van der Waals surface area contributed by atoms with Gasteiger partial charge in [-0.1, -0.05) is 60.7 Å². The Morgan fingerprint density at radius 1 is 1.00 bits per heavy atom. The number of aryl methyl sites for hydroxylation is 1. The maximum absolute atomic E-state index is 11.8. The van der Waals surface area contributed by atoms with E-state index in [-0.39, 0.29) is 5.92 Å². The number of hydrogen-bond donors (Lipinski definition) is 0. The summed E-state index contributed by atoms with van der Waals surface area (Å²) in [5.41, 5.74) is 5.59. The number of nitrogens with zero attached hydrogens (tertiary/aromatic N) is 1. The van der Waals surface area contributed by atoms with Crippen LogP contribution in [0.25, 0.3) is 11.1 Å². The van der Waals surface area contributed by atoms with Crippen LogP contribution in [0.3, 0.4) is 0 Å². The highest BCUT2D eigenvalue weighted by molar-refractivity contribution is 7.86. The van der Waals surface area contributed by atoms with Crippen molar-refractivity contribution in [3.63, 3.8) is 0 Å². The van der Waals surface area contributed by atoms with Gasteiger partial charge in [-0.2, -0.15) is 8.42 Å². The number of aromatic nitrogens is 1. The highest BCUT2D eigenvalue weighted by atomic mass is 32.2. The van der Waals surface area contributed by atoms with Crippen LogP contribution in [0.4, 0.5) is 0 Å². The van der Waals surface area contributed by atoms with Crippen molar-refractivity contribution in [2.75, 3.05) is 6.26 Å². The summed E-state index contributed by atoms with van der Waals surface area (Å²) < 4.78 is 29.1. The quantitative estimate of drug-likeness (QED) is 0.604. The van der Waals surface area contributed by atoms with Crippen molar-refractivity contribution in [3.8, 4) is 11.1 Å². The lowest BCUT2D eigenvalue weighted by molar-refractivity contribution is 0.157. The summed E-state index contributed by atoms with van der Waals surface area (Å²) in [6.45, 7) is 0. The average molecular weight is 394 g/mol. The van der Waals surface area contributed by atoms with Crippen molar-refractivity contribution in [2.24, 2.45) is 0 Å².